The van der Waals surface area contributed by atoms with Gasteiger partial charge in [0.15, 0.2) is 5.76 Å². The first-order valence-corrected chi connectivity index (χ1v) is 7.57. The molecular weight excluding hydrogens is 346 g/mol. The average molecular weight is 360 g/mol. The highest BCUT2D eigenvalue weighted by Crippen LogP contribution is 2.28. The van der Waals surface area contributed by atoms with Gasteiger partial charge in [-0.15, -0.1) is 0 Å². The molecule has 0 saturated heterocycles. The van der Waals surface area contributed by atoms with E-state index in [4.69, 9.17) is 9.52 Å². The molecule has 0 unspecified atom stereocenters. The number of carbonyl (C=O) groups excluding carboxylic acids is 1. The molecule has 0 atom stereocenters. The fourth-order valence-corrected chi connectivity index (χ4v) is 2.71. The number of hydrogen-bond acceptors (Lipinski definition) is 3. The lowest BCUT2D eigenvalue weighted by Crippen LogP contribution is -2.12. The average Bonchev–Trinajstić information content (AvgIpc) is 2.84. The van der Waals surface area contributed by atoms with Gasteiger partial charge in [0.25, 0.3) is 5.91 Å². The summed E-state index contributed by atoms with van der Waals surface area (Å²) in [4.78, 5) is 12.4. The van der Waals surface area contributed by atoms with E-state index in [1.54, 1.807) is 24.3 Å². The monoisotopic (exact) mass is 359 g/mol. The fraction of sp³-hybridized carbons (Fsp3) is 0.118. The zero-order chi connectivity index (χ0) is 15.7. The van der Waals surface area contributed by atoms with Crippen molar-refractivity contribution in [3.63, 3.8) is 0 Å². The van der Waals surface area contributed by atoms with Crippen LogP contribution in [0.15, 0.2) is 51.4 Å². The van der Waals surface area contributed by atoms with Gasteiger partial charge in [-0.2, -0.15) is 0 Å². The van der Waals surface area contributed by atoms with E-state index in [0.717, 1.165) is 21.0 Å². The molecule has 0 fully saturated rings. The summed E-state index contributed by atoms with van der Waals surface area (Å²) in [6.07, 6.45) is 0. The van der Waals surface area contributed by atoms with Crippen LogP contribution in [0.5, 0.6) is 0 Å². The Labute approximate surface area is 135 Å². The summed E-state index contributed by atoms with van der Waals surface area (Å²) in [7, 11) is 0. The van der Waals surface area contributed by atoms with Crippen LogP contribution in [0.1, 0.15) is 21.7 Å². The number of furan rings is 1. The summed E-state index contributed by atoms with van der Waals surface area (Å²) in [6.45, 7) is 1.79. The standard InChI is InChI=1S/C17H14BrNO3/c1-10-14-8-12(18)5-6-15(14)22-16(10)17(21)19-13-4-2-3-11(7-13)9-20/h2-8,20H,9H2,1H3,(H,19,21). The van der Waals surface area contributed by atoms with Gasteiger partial charge in [0.05, 0.1) is 6.61 Å². The molecule has 112 valence electrons. The normalized spacial score (nSPS) is 10.9. The first kappa shape index (κ1) is 14.8. The van der Waals surface area contributed by atoms with E-state index in [1.165, 1.54) is 0 Å². The van der Waals surface area contributed by atoms with Gasteiger partial charge in [0, 0.05) is 21.1 Å². The molecular formula is C17H14BrNO3. The Hall–Kier alpha value is -2.11. The van der Waals surface area contributed by atoms with Gasteiger partial charge in [-0.1, -0.05) is 28.1 Å². The lowest BCUT2D eigenvalue weighted by molar-refractivity contribution is 0.0998. The van der Waals surface area contributed by atoms with E-state index in [0.29, 0.717) is 17.0 Å². The number of benzene rings is 2. The number of anilines is 1. The number of hydrogen-bond donors (Lipinski definition) is 2. The molecule has 4 nitrogen and oxygen atoms in total. The number of nitrogens with one attached hydrogen (secondary N) is 1. The van der Waals surface area contributed by atoms with E-state index in [-0.39, 0.29) is 12.5 Å². The van der Waals surface area contributed by atoms with Crippen molar-refractivity contribution in [3.05, 3.63) is 63.8 Å². The molecule has 3 aromatic rings. The van der Waals surface area contributed by atoms with Gasteiger partial charge in [-0.3, -0.25) is 4.79 Å². The number of aryl methyl sites for hydroxylation is 1. The summed E-state index contributed by atoms with van der Waals surface area (Å²) in [6, 6.07) is 12.7. The second-order valence-electron chi connectivity index (χ2n) is 5.01. The van der Waals surface area contributed by atoms with Crippen molar-refractivity contribution >= 4 is 38.5 Å². The lowest BCUT2D eigenvalue weighted by atomic mass is 10.1. The molecule has 3 rings (SSSR count). The van der Waals surface area contributed by atoms with Crippen LogP contribution in [-0.4, -0.2) is 11.0 Å². The molecule has 0 saturated carbocycles. The minimum Gasteiger partial charge on any atom is -0.451 e. The Morgan fingerprint density at radius 1 is 1.27 bits per heavy atom. The molecule has 1 amide bonds. The quantitative estimate of drug-likeness (QED) is 0.734. The maximum Gasteiger partial charge on any atom is 0.291 e. The number of amides is 1. The summed E-state index contributed by atoms with van der Waals surface area (Å²) in [5.41, 5.74) is 2.84. The van der Waals surface area contributed by atoms with Crippen molar-refractivity contribution in [3.8, 4) is 0 Å². The van der Waals surface area contributed by atoms with Crippen molar-refractivity contribution in [1.82, 2.24) is 0 Å². The number of rotatable bonds is 3. The van der Waals surface area contributed by atoms with Crippen LogP contribution < -0.4 is 5.32 Å². The predicted octanol–water partition coefficient (Wildman–Crippen LogP) is 4.25. The van der Waals surface area contributed by atoms with Gasteiger partial charge in [0.1, 0.15) is 5.58 Å². The van der Waals surface area contributed by atoms with Crippen molar-refractivity contribution in [2.45, 2.75) is 13.5 Å². The summed E-state index contributed by atoms with van der Waals surface area (Å²) in [5.74, 6) is -0.0117. The third-order valence-corrected chi connectivity index (χ3v) is 3.97. The van der Waals surface area contributed by atoms with Gasteiger partial charge < -0.3 is 14.8 Å². The zero-order valence-corrected chi connectivity index (χ0v) is 13.5. The number of fused-ring (bicyclic) bond motifs is 1. The molecule has 1 heterocycles. The van der Waals surface area contributed by atoms with Crippen molar-refractivity contribution in [2.24, 2.45) is 0 Å². The van der Waals surface area contributed by atoms with Gasteiger partial charge in [0.2, 0.25) is 0 Å². The highest BCUT2D eigenvalue weighted by atomic mass is 79.9. The lowest BCUT2D eigenvalue weighted by Gasteiger charge is -2.05. The SMILES string of the molecule is Cc1c(C(=O)Nc2cccc(CO)c2)oc2ccc(Br)cc12. The maximum absolute atomic E-state index is 12.4. The highest BCUT2D eigenvalue weighted by Gasteiger charge is 2.18. The largest absolute Gasteiger partial charge is 0.451 e. The van der Waals surface area contributed by atoms with E-state index in [2.05, 4.69) is 21.2 Å². The second-order valence-corrected chi connectivity index (χ2v) is 5.92. The molecule has 0 aliphatic carbocycles. The number of halogens is 1. The third-order valence-electron chi connectivity index (χ3n) is 3.47. The van der Waals surface area contributed by atoms with Crippen LogP contribution in [0.3, 0.4) is 0 Å². The van der Waals surface area contributed by atoms with E-state index < -0.39 is 0 Å². The smallest absolute Gasteiger partial charge is 0.291 e. The molecule has 2 aromatic carbocycles. The number of aliphatic hydroxyl groups excluding tert-OH is 1. The Morgan fingerprint density at radius 2 is 2.09 bits per heavy atom. The van der Waals surface area contributed by atoms with Crippen LogP contribution in [0.2, 0.25) is 0 Å². The van der Waals surface area contributed by atoms with Crippen LogP contribution >= 0.6 is 15.9 Å². The topological polar surface area (TPSA) is 62.5 Å². The maximum atomic E-state index is 12.4. The molecule has 0 bridgehead atoms. The second kappa shape index (κ2) is 5.94. The zero-order valence-electron chi connectivity index (χ0n) is 11.9. The van der Waals surface area contributed by atoms with Crippen LogP contribution in [-0.2, 0) is 6.61 Å². The Balaban J connectivity index is 1.93. The first-order chi connectivity index (χ1) is 10.6. The molecule has 22 heavy (non-hydrogen) atoms. The number of carbonyl (C=O) groups is 1. The van der Waals surface area contributed by atoms with E-state index >= 15 is 0 Å². The Morgan fingerprint density at radius 3 is 2.86 bits per heavy atom. The van der Waals surface area contributed by atoms with Crippen molar-refractivity contribution < 1.29 is 14.3 Å². The van der Waals surface area contributed by atoms with Gasteiger partial charge in [-0.05, 0) is 42.8 Å². The molecule has 0 aliphatic heterocycles. The Kier molecular flexibility index (Phi) is 4.00. The Bertz CT molecular complexity index is 854. The summed E-state index contributed by atoms with van der Waals surface area (Å²) >= 11 is 3.42. The molecule has 2 N–H and O–H groups in total. The van der Waals surface area contributed by atoms with Crippen molar-refractivity contribution in [2.75, 3.05) is 5.32 Å². The van der Waals surface area contributed by atoms with Crippen LogP contribution in [0, 0.1) is 6.92 Å². The van der Waals surface area contributed by atoms with Crippen molar-refractivity contribution in [1.29, 1.82) is 0 Å². The van der Waals surface area contributed by atoms with Crippen LogP contribution in [0.4, 0.5) is 5.69 Å². The minimum absolute atomic E-state index is 0.0681. The van der Waals surface area contributed by atoms with Gasteiger partial charge in [-0.25, -0.2) is 0 Å². The predicted molar refractivity (Wildman–Crippen MR) is 89.0 cm³/mol. The van der Waals surface area contributed by atoms with Gasteiger partial charge >= 0.3 is 0 Å². The third kappa shape index (κ3) is 2.77. The summed E-state index contributed by atoms with van der Waals surface area (Å²) < 4.78 is 6.60. The minimum atomic E-state index is -0.306. The fourth-order valence-electron chi connectivity index (χ4n) is 2.35. The molecule has 0 spiro atoms. The summed E-state index contributed by atoms with van der Waals surface area (Å²) in [5, 5.41) is 12.8. The number of aliphatic hydroxyl groups is 1. The molecule has 0 radical (unpaired) electrons. The van der Waals surface area contributed by atoms with E-state index in [1.807, 2.05) is 25.1 Å². The highest BCUT2D eigenvalue weighted by molar-refractivity contribution is 9.10. The molecule has 5 heteroatoms. The molecule has 1 aromatic heterocycles. The van der Waals surface area contributed by atoms with E-state index in [9.17, 15) is 4.79 Å². The molecule has 0 aliphatic rings. The van der Waals surface area contributed by atoms with Crippen LogP contribution in [0.25, 0.3) is 11.0 Å². The first-order valence-electron chi connectivity index (χ1n) is 6.78.